The number of nitrogens with two attached hydrogens (primary N) is 1. The third kappa shape index (κ3) is 13.0. The Morgan fingerprint density at radius 3 is 1.74 bits per heavy atom. The van der Waals surface area contributed by atoms with Gasteiger partial charge in [-0.1, -0.05) is 26.8 Å². The van der Waals surface area contributed by atoms with E-state index in [9.17, 15) is 19.2 Å². The molecule has 0 aliphatic carbocycles. The van der Waals surface area contributed by atoms with Gasteiger partial charge < -0.3 is 38.9 Å². The van der Waals surface area contributed by atoms with Crippen LogP contribution < -0.4 is 15.2 Å². The number of esters is 1. The summed E-state index contributed by atoms with van der Waals surface area (Å²) in [4.78, 5) is 49.5. The fraction of sp³-hybridized carbons (Fsp3) is 0.667. The monoisotopic (exact) mass is 597 g/mol. The van der Waals surface area contributed by atoms with Crippen molar-refractivity contribution in [1.82, 2.24) is 0 Å². The third-order valence-corrected chi connectivity index (χ3v) is 6.69. The van der Waals surface area contributed by atoms with E-state index < -0.39 is 53.9 Å². The van der Waals surface area contributed by atoms with Crippen LogP contribution in [-0.2, 0) is 34.9 Å². The number of carbonyl (C=O) groups excluding carboxylic acids is 4. The van der Waals surface area contributed by atoms with Crippen LogP contribution in [0, 0.1) is 0 Å². The van der Waals surface area contributed by atoms with Crippen LogP contribution in [-0.4, -0.2) is 60.0 Å². The quantitative estimate of drug-likeness (QED) is 0.146. The molecule has 0 heterocycles. The molecule has 1 aromatic carbocycles. The van der Waals surface area contributed by atoms with E-state index in [-0.39, 0.29) is 24.0 Å². The third-order valence-electron chi connectivity index (χ3n) is 6.69. The summed E-state index contributed by atoms with van der Waals surface area (Å²) < 4.78 is 37.0. The van der Waals surface area contributed by atoms with Gasteiger partial charge >= 0.3 is 24.4 Å². The van der Waals surface area contributed by atoms with Crippen LogP contribution >= 0.6 is 0 Å². The Morgan fingerprint density at radius 2 is 1.24 bits per heavy atom. The van der Waals surface area contributed by atoms with Gasteiger partial charge in [0, 0.05) is 0 Å². The number of benzene rings is 1. The lowest BCUT2D eigenvalue weighted by molar-refractivity contribution is -0.155. The smallest absolute Gasteiger partial charge is 0.458 e. The number of carbonyl (C=O) groups is 4. The zero-order valence-electron chi connectivity index (χ0n) is 26.4. The van der Waals surface area contributed by atoms with Crippen molar-refractivity contribution in [3.63, 3.8) is 0 Å². The van der Waals surface area contributed by atoms with Gasteiger partial charge in [0.2, 0.25) is 0 Å². The molecule has 12 nitrogen and oxygen atoms in total. The molecule has 12 heteroatoms. The van der Waals surface area contributed by atoms with Gasteiger partial charge in [-0.05, 0) is 91.8 Å². The highest BCUT2D eigenvalue weighted by molar-refractivity contribution is 5.76. The fourth-order valence-corrected chi connectivity index (χ4v) is 2.89. The predicted octanol–water partition coefficient (Wildman–Crippen LogP) is 6.24. The molecular weight excluding hydrogens is 550 g/mol. The Bertz CT molecular complexity index is 1070. The van der Waals surface area contributed by atoms with E-state index in [4.69, 9.17) is 38.9 Å². The molecule has 238 valence electrons. The van der Waals surface area contributed by atoms with Crippen molar-refractivity contribution in [3.8, 4) is 11.5 Å². The van der Waals surface area contributed by atoms with Crippen molar-refractivity contribution in [1.29, 1.82) is 0 Å². The Kier molecular flexibility index (Phi) is 14.1. The van der Waals surface area contributed by atoms with Crippen molar-refractivity contribution < 1.29 is 52.3 Å². The molecule has 1 rings (SSSR count). The molecule has 0 amide bonds. The normalized spacial score (nSPS) is 14.5. The van der Waals surface area contributed by atoms with E-state index in [2.05, 4.69) is 0 Å². The van der Waals surface area contributed by atoms with E-state index in [1.54, 1.807) is 54.5 Å². The first-order chi connectivity index (χ1) is 19.4. The summed E-state index contributed by atoms with van der Waals surface area (Å²) in [5.74, 6) is -0.973. The Hall–Kier alpha value is -3.54. The van der Waals surface area contributed by atoms with Gasteiger partial charge in [0.15, 0.2) is 11.5 Å². The van der Waals surface area contributed by atoms with Gasteiger partial charge in [-0.2, -0.15) is 0 Å². The van der Waals surface area contributed by atoms with Crippen molar-refractivity contribution >= 4 is 24.4 Å². The highest BCUT2D eigenvalue weighted by atomic mass is 16.8. The largest absolute Gasteiger partial charge is 0.514 e. The minimum absolute atomic E-state index is 0.0176. The highest BCUT2D eigenvalue weighted by Crippen LogP contribution is 2.31. The minimum atomic E-state index is -1.12. The summed E-state index contributed by atoms with van der Waals surface area (Å²) >= 11 is 0. The molecule has 0 saturated carbocycles. The van der Waals surface area contributed by atoms with E-state index in [0.717, 1.165) is 0 Å². The molecule has 3 unspecified atom stereocenters. The van der Waals surface area contributed by atoms with Crippen LogP contribution in [0.25, 0.3) is 0 Å². The summed E-state index contributed by atoms with van der Waals surface area (Å²) in [6.07, 6.45) is -3.08. The first-order valence-corrected chi connectivity index (χ1v) is 14.2. The van der Waals surface area contributed by atoms with Crippen molar-refractivity contribution in [2.45, 2.75) is 130 Å². The molecule has 0 spiro atoms. The molecule has 0 aromatic heterocycles. The van der Waals surface area contributed by atoms with Gasteiger partial charge in [0.05, 0.1) is 0 Å². The number of hydrogen-bond donors (Lipinski definition) is 1. The van der Waals surface area contributed by atoms with Gasteiger partial charge in [0.1, 0.15) is 35.6 Å². The maximum atomic E-state index is 12.7. The summed E-state index contributed by atoms with van der Waals surface area (Å²) in [7, 11) is 0. The van der Waals surface area contributed by atoms with Crippen molar-refractivity contribution in [2.75, 3.05) is 0 Å². The minimum Gasteiger partial charge on any atom is -0.458 e. The second-order valence-electron chi connectivity index (χ2n) is 11.3. The van der Waals surface area contributed by atoms with Crippen molar-refractivity contribution in [3.05, 3.63) is 23.8 Å². The molecule has 0 aliphatic rings. The molecule has 0 radical (unpaired) electrons. The van der Waals surface area contributed by atoms with E-state index >= 15 is 0 Å². The van der Waals surface area contributed by atoms with Crippen LogP contribution in [0.1, 0.15) is 94.1 Å². The van der Waals surface area contributed by atoms with Gasteiger partial charge in [-0.3, -0.25) is 4.79 Å². The molecular formula is C30H47NO11. The zero-order valence-corrected chi connectivity index (χ0v) is 26.4. The van der Waals surface area contributed by atoms with E-state index in [1.807, 2.05) is 20.8 Å². The number of rotatable bonds is 14. The first kappa shape index (κ1) is 36.5. The van der Waals surface area contributed by atoms with Crippen LogP contribution in [0.4, 0.5) is 14.4 Å². The second-order valence-corrected chi connectivity index (χ2v) is 11.3. The molecule has 4 atom stereocenters. The fourth-order valence-electron chi connectivity index (χ4n) is 2.89. The predicted molar refractivity (Wildman–Crippen MR) is 153 cm³/mol. The highest BCUT2D eigenvalue weighted by Gasteiger charge is 2.28. The standard InChI is InChI=1S/C30H47NO11/c1-11-18(4)36-26(33)38-20(6)19(5)37-25(32)22(31)16-21-14-15-23(39-27(34)41-29(7,8)12-2)24(17-21)40-28(35)42-30(9,10)13-3/h14-15,17-20,22H,11-13,16,31H2,1-10H3/t18?,19?,20?,22-/m0/s1. The van der Waals surface area contributed by atoms with Crippen molar-refractivity contribution in [2.24, 2.45) is 5.73 Å². The topological polar surface area (TPSA) is 159 Å². The molecule has 2 N–H and O–H groups in total. The maximum absolute atomic E-state index is 12.7. The number of ether oxygens (including phenoxy) is 7. The van der Waals surface area contributed by atoms with E-state index in [0.29, 0.717) is 24.8 Å². The molecule has 0 bridgehead atoms. The average molecular weight is 598 g/mol. The van der Waals surface area contributed by atoms with Gasteiger partial charge in [-0.25, -0.2) is 14.4 Å². The summed E-state index contributed by atoms with van der Waals surface area (Å²) in [6, 6.07) is 3.23. The SMILES string of the molecule is CCC(C)OC(=O)OC(C)C(C)OC(=O)[C@@H](N)Cc1ccc(OC(=O)OC(C)(C)CC)c(OC(=O)OC(C)(C)CC)c1. The summed E-state index contributed by atoms with van der Waals surface area (Å²) in [6.45, 7) is 17.3. The van der Waals surface area contributed by atoms with Crippen LogP contribution in [0.3, 0.4) is 0 Å². The first-order valence-electron chi connectivity index (χ1n) is 14.2. The molecule has 0 fully saturated rings. The van der Waals surface area contributed by atoms with Crippen LogP contribution in [0.5, 0.6) is 11.5 Å². The lowest BCUT2D eigenvalue weighted by atomic mass is 10.1. The number of hydrogen-bond acceptors (Lipinski definition) is 12. The summed E-state index contributed by atoms with van der Waals surface area (Å²) in [5.41, 5.74) is 5.00. The Labute approximate surface area is 248 Å². The maximum Gasteiger partial charge on any atom is 0.514 e. The second kappa shape index (κ2) is 16.2. The lowest BCUT2D eigenvalue weighted by Crippen LogP contribution is -2.39. The molecule has 0 saturated heterocycles. The molecule has 42 heavy (non-hydrogen) atoms. The lowest BCUT2D eigenvalue weighted by Gasteiger charge is -2.24. The Morgan fingerprint density at radius 1 is 0.738 bits per heavy atom. The van der Waals surface area contributed by atoms with Crippen LogP contribution in [0.15, 0.2) is 18.2 Å². The Balaban J connectivity index is 3.02. The summed E-state index contributed by atoms with van der Waals surface area (Å²) in [5, 5.41) is 0. The average Bonchev–Trinajstić information content (AvgIpc) is 2.89. The molecule has 1 aromatic rings. The zero-order chi connectivity index (χ0) is 32.3. The van der Waals surface area contributed by atoms with Gasteiger partial charge in [0.25, 0.3) is 0 Å². The van der Waals surface area contributed by atoms with Crippen LogP contribution in [0.2, 0.25) is 0 Å². The molecule has 0 aliphatic heterocycles. The van der Waals surface area contributed by atoms with E-state index in [1.165, 1.54) is 12.1 Å². The van der Waals surface area contributed by atoms with Gasteiger partial charge in [-0.15, -0.1) is 0 Å².